The van der Waals surface area contributed by atoms with Gasteiger partial charge in [-0.1, -0.05) is 17.7 Å². The zero-order chi connectivity index (χ0) is 14.3. The van der Waals surface area contributed by atoms with Crippen LogP contribution in [-0.4, -0.2) is 40.9 Å². The maximum atomic E-state index is 10.6. The van der Waals surface area contributed by atoms with Crippen molar-refractivity contribution >= 4 is 17.7 Å². The summed E-state index contributed by atoms with van der Waals surface area (Å²) in [6, 6.07) is 8.89. The molecule has 0 aromatic heterocycles. The molecule has 3 nitrogen and oxygen atoms in total. The number of carbonyl (C=O) groups is 1. The molecule has 19 heavy (non-hydrogen) atoms. The van der Waals surface area contributed by atoms with Gasteiger partial charge in [0.25, 0.3) is 0 Å². The van der Waals surface area contributed by atoms with Crippen LogP contribution in [0.5, 0.6) is 0 Å². The molecular formula is C15H23NO2S. The quantitative estimate of drug-likeness (QED) is 0.742. The van der Waals surface area contributed by atoms with Gasteiger partial charge in [0.05, 0.1) is 6.42 Å². The summed E-state index contributed by atoms with van der Waals surface area (Å²) in [4.78, 5) is 14.1. The fourth-order valence-electron chi connectivity index (χ4n) is 1.78. The van der Waals surface area contributed by atoms with Crippen molar-refractivity contribution in [3.8, 4) is 0 Å². The van der Waals surface area contributed by atoms with E-state index in [0.717, 1.165) is 12.3 Å². The zero-order valence-electron chi connectivity index (χ0n) is 11.9. The van der Waals surface area contributed by atoms with Gasteiger partial charge >= 0.3 is 5.97 Å². The van der Waals surface area contributed by atoms with Crippen LogP contribution in [0.3, 0.4) is 0 Å². The van der Waals surface area contributed by atoms with Gasteiger partial charge in [-0.25, -0.2) is 0 Å². The van der Waals surface area contributed by atoms with Gasteiger partial charge in [0.15, 0.2) is 0 Å². The Morgan fingerprint density at radius 1 is 1.26 bits per heavy atom. The van der Waals surface area contributed by atoms with Crippen molar-refractivity contribution in [2.24, 2.45) is 0 Å². The monoisotopic (exact) mass is 281 g/mol. The van der Waals surface area contributed by atoms with Gasteiger partial charge in [0.2, 0.25) is 0 Å². The number of aryl methyl sites for hydroxylation is 1. The Kier molecular flexibility index (Phi) is 6.95. The molecule has 0 unspecified atom stereocenters. The normalized spacial score (nSPS) is 11.2. The van der Waals surface area contributed by atoms with Gasteiger partial charge in [-0.3, -0.25) is 9.69 Å². The summed E-state index contributed by atoms with van der Waals surface area (Å²) in [5.74, 6) is 0.262. The Bertz CT molecular complexity index is 390. The van der Waals surface area contributed by atoms with E-state index in [9.17, 15) is 4.79 Å². The largest absolute Gasteiger partial charge is 0.481 e. The molecular weight excluding hydrogens is 258 g/mol. The standard InChI is InChI=1S/C15H23NO2S/c1-12(2)16(9-8-15(17)18)10-11-19-14-6-4-13(3)5-7-14/h4-7,12H,8-11H2,1-3H3,(H,17,18). The number of benzene rings is 1. The third-order valence-electron chi connectivity index (χ3n) is 3.01. The maximum absolute atomic E-state index is 10.6. The second-order valence-electron chi connectivity index (χ2n) is 4.93. The lowest BCUT2D eigenvalue weighted by Crippen LogP contribution is -2.34. The summed E-state index contributed by atoms with van der Waals surface area (Å²) in [5, 5.41) is 8.74. The minimum absolute atomic E-state index is 0.216. The number of rotatable bonds is 8. The molecule has 0 aliphatic rings. The van der Waals surface area contributed by atoms with Crippen LogP contribution in [0.1, 0.15) is 25.8 Å². The lowest BCUT2D eigenvalue weighted by Gasteiger charge is -2.25. The number of hydrogen-bond donors (Lipinski definition) is 1. The van der Waals surface area contributed by atoms with Crippen molar-refractivity contribution < 1.29 is 9.90 Å². The fourth-order valence-corrected chi connectivity index (χ4v) is 2.67. The number of nitrogens with zero attached hydrogens (tertiary/aromatic N) is 1. The molecule has 106 valence electrons. The Morgan fingerprint density at radius 2 is 1.89 bits per heavy atom. The molecule has 0 radical (unpaired) electrons. The highest BCUT2D eigenvalue weighted by atomic mass is 32.2. The maximum Gasteiger partial charge on any atom is 0.304 e. The second kappa shape index (κ2) is 8.23. The zero-order valence-corrected chi connectivity index (χ0v) is 12.7. The molecule has 1 N–H and O–H groups in total. The number of carboxylic acid groups (broad SMARTS) is 1. The Hall–Kier alpha value is -1.00. The van der Waals surface area contributed by atoms with Crippen LogP contribution in [0.2, 0.25) is 0 Å². The number of carboxylic acids is 1. The van der Waals surface area contributed by atoms with Crippen LogP contribution in [0, 0.1) is 6.92 Å². The summed E-state index contributed by atoms with van der Waals surface area (Å²) in [7, 11) is 0. The minimum atomic E-state index is -0.725. The number of thioether (sulfide) groups is 1. The van der Waals surface area contributed by atoms with Crippen molar-refractivity contribution in [1.82, 2.24) is 4.90 Å². The summed E-state index contributed by atoms with van der Waals surface area (Å²) in [6.45, 7) is 7.85. The minimum Gasteiger partial charge on any atom is -0.481 e. The number of hydrogen-bond acceptors (Lipinski definition) is 3. The molecule has 1 rings (SSSR count). The van der Waals surface area contributed by atoms with E-state index in [4.69, 9.17) is 5.11 Å². The molecule has 0 bridgehead atoms. The molecule has 0 spiro atoms. The van der Waals surface area contributed by atoms with E-state index in [2.05, 4.69) is 49.9 Å². The van der Waals surface area contributed by atoms with Crippen LogP contribution < -0.4 is 0 Å². The van der Waals surface area contributed by atoms with E-state index in [0.29, 0.717) is 12.6 Å². The summed E-state index contributed by atoms with van der Waals surface area (Å²) < 4.78 is 0. The van der Waals surface area contributed by atoms with E-state index in [1.165, 1.54) is 10.5 Å². The fraction of sp³-hybridized carbons (Fsp3) is 0.533. The summed E-state index contributed by atoms with van der Waals surface area (Å²) in [6.07, 6.45) is 0.216. The second-order valence-corrected chi connectivity index (χ2v) is 6.10. The number of aliphatic carboxylic acids is 1. The average Bonchev–Trinajstić information content (AvgIpc) is 2.35. The average molecular weight is 281 g/mol. The van der Waals surface area contributed by atoms with Crippen LogP contribution in [0.25, 0.3) is 0 Å². The Balaban J connectivity index is 2.35. The topological polar surface area (TPSA) is 40.5 Å². The molecule has 0 saturated heterocycles. The molecule has 0 aliphatic heterocycles. The third kappa shape index (κ3) is 6.64. The highest BCUT2D eigenvalue weighted by Crippen LogP contribution is 2.18. The molecule has 0 heterocycles. The van der Waals surface area contributed by atoms with Crippen LogP contribution >= 0.6 is 11.8 Å². The summed E-state index contributed by atoms with van der Waals surface area (Å²) in [5.41, 5.74) is 1.27. The molecule has 0 atom stereocenters. The van der Waals surface area contributed by atoms with Crippen LogP contribution in [-0.2, 0) is 4.79 Å². The predicted octanol–water partition coefficient (Wildman–Crippen LogP) is 3.27. The first-order valence-corrected chi connectivity index (χ1v) is 7.63. The van der Waals surface area contributed by atoms with Gasteiger partial charge < -0.3 is 5.11 Å². The van der Waals surface area contributed by atoms with Crippen LogP contribution in [0.4, 0.5) is 0 Å². The molecule has 0 aliphatic carbocycles. The Morgan fingerprint density at radius 3 is 2.42 bits per heavy atom. The van der Waals surface area contributed by atoms with E-state index < -0.39 is 5.97 Å². The SMILES string of the molecule is Cc1ccc(SCCN(CCC(=O)O)C(C)C)cc1. The lowest BCUT2D eigenvalue weighted by atomic mass is 10.2. The van der Waals surface area contributed by atoms with Gasteiger partial charge in [0, 0.05) is 29.8 Å². The first-order valence-electron chi connectivity index (χ1n) is 6.64. The highest BCUT2D eigenvalue weighted by Gasteiger charge is 2.10. The Labute approximate surface area is 120 Å². The van der Waals surface area contributed by atoms with Gasteiger partial charge in [-0.05, 0) is 32.9 Å². The van der Waals surface area contributed by atoms with Crippen molar-refractivity contribution in [3.05, 3.63) is 29.8 Å². The molecule has 0 saturated carbocycles. The van der Waals surface area contributed by atoms with Gasteiger partial charge in [-0.2, -0.15) is 0 Å². The molecule has 0 fully saturated rings. The molecule has 1 aromatic carbocycles. The lowest BCUT2D eigenvalue weighted by molar-refractivity contribution is -0.137. The van der Waals surface area contributed by atoms with E-state index in [1.807, 2.05) is 11.8 Å². The third-order valence-corrected chi connectivity index (χ3v) is 4.00. The molecule has 4 heteroatoms. The van der Waals surface area contributed by atoms with Crippen molar-refractivity contribution in [2.75, 3.05) is 18.8 Å². The first-order chi connectivity index (χ1) is 8.99. The molecule has 1 aromatic rings. The van der Waals surface area contributed by atoms with Crippen molar-refractivity contribution in [2.45, 2.75) is 38.1 Å². The van der Waals surface area contributed by atoms with Crippen molar-refractivity contribution in [3.63, 3.8) is 0 Å². The highest BCUT2D eigenvalue weighted by molar-refractivity contribution is 7.99. The first kappa shape index (κ1) is 16.1. The van der Waals surface area contributed by atoms with Gasteiger partial charge in [0.1, 0.15) is 0 Å². The van der Waals surface area contributed by atoms with E-state index in [-0.39, 0.29) is 6.42 Å². The van der Waals surface area contributed by atoms with E-state index >= 15 is 0 Å². The summed E-state index contributed by atoms with van der Waals surface area (Å²) >= 11 is 1.82. The smallest absolute Gasteiger partial charge is 0.304 e. The van der Waals surface area contributed by atoms with Gasteiger partial charge in [-0.15, -0.1) is 11.8 Å². The predicted molar refractivity (Wildman–Crippen MR) is 80.9 cm³/mol. The molecule has 0 amide bonds. The van der Waals surface area contributed by atoms with Crippen molar-refractivity contribution in [1.29, 1.82) is 0 Å². The van der Waals surface area contributed by atoms with E-state index in [1.54, 1.807) is 0 Å². The van der Waals surface area contributed by atoms with Crippen LogP contribution in [0.15, 0.2) is 29.2 Å².